The van der Waals surface area contributed by atoms with Crippen molar-refractivity contribution in [2.24, 2.45) is 0 Å². The summed E-state index contributed by atoms with van der Waals surface area (Å²) in [5.41, 5.74) is 4.28. The molecule has 0 saturated carbocycles. The quantitative estimate of drug-likeness (QED) is 0.450. The van der Waals surface area contributed by atoms with Crippen molar-refractivity contribution in [2.75, 3.05) is 4.90 Å². The molecule has 138 valence electrons. The molecule has 1 unspecified atom stereocenters. The standard InChI is InChI=1S/C24H18FNO2/c1-15-19-13-16(25)11-12-22(19)28-23(15)14-20-18-9-5-6-10-21(18)26(24(20)27)17-7-3-2-4-8-17/h2-13,20H,14H2,1H3. The minimum absolute atomic E-state index is 0.0263. The Balaban J connectivity index is 1.58. The van der Waals surface area contributed by atoms with Gasteiger partial charge in [-0.3, -0.25) is 9.69 Å². The van der Waals surface area contributed by atoms with E-state index in [1.54, 1.807) is 11.0 Å². The number of anilines is 2. The number of rotatable bonds is 3. The van der Waals surface area contributed by atoms with Crippen LogP contribution in [0.4, 0.5) is 15.8 Å². The van der Waals surface area contributed by atoms with Gasteiger partial charge in [-0.2, -0.15) is 0 Å². The smallest absolute Gasteiger partial charge is 0.239 e. The first-order valence-electron chi connectivity index (χ1n) is 9.29. The maximum absolute atomic E-state index is 13.6. The van der Waals surface area contributed by atoms with E-state index in [0.717, 1.165) is 33.6 Å². The van der Waals surface area contributed by atoms with E-state index in [2.05, 4.69) is 0 Å². The normalized spacial score (nSPS) is 16.0. The molecule has 3 nitrogen and oxygen atoms in total. The summed E-state index contributed by atoms with van der Waals surface area (Å²) >= 11 is 0. The number of halogens is 1. The summed E-state index contributed by atoms with van der Waals surface area (Å²) in [6.45, 7) is 1.92. The van der Waals surface area contributed by atoms with Crippen molar-refractivity contribution >= 4 is 28.3 Å². The van der Waals surface area contributed by atoms with Crippen LogP contribution in [0.5, 0.6) is 0 Å². The van der Waals surface area contributed by atoms with Crippen LogP contribution in [0.15, 0.2) is 77.2 Å². The summed E-state index contributed by atoms with van der Waals surface area (Å²) in [7, 11) is 0. The fourth-order valence-corrected chi connectivity index (χ4v) is 4.06. The van der Waals surface area contributed by atoms with Crippen molar-refractivity contribution in [1.82, 2.24) is 0 Å². The van der Waals surface area contributed by atoms with Gasteiger partial charge >= 0.3 is 0 Å². The van der Waals surface area contributed by atoms with Crippen molar-refractivity contribution in [2.45, 2.75) is 19.3 Å². The lowest BCUT2D eigenvalue weighted by Crippen LogP contribution is -2.24. The first-order chi connectivity index (χ1) is 13.6. The van der Waals surface area contributed by atoms with Gasteiger partial charge in [-0.05, 0) is 54.4 Å². The number of para-hydroxylation sites is 2. The summed E-state index contributed by atoms with van der Waals surface area (Å²) in [5, 5.41) is 0.758. The topological polar surface area (TPSA) is 33.5 Å². The van der Waals surface area contributed by atoms with Gasteiger partial charge in [0.05, 0.1) is 11.6 Å². The van der Waals surface area contributed by atoms with Gasteiger partial charge in [0, 0.05) is 17.5 Å². The van der Waals surface area contributed by atoms with Gasteiger partial charge < -0.3 is 4.42 Å². The van der Waals surface area contributed by atoms with E-state index in [1.165, 1.54) is 12.1 Å². The lowest BCUT2D eigenvalue weighted by atomic mass is 9.94. The second-order valence-corrected chi connectivity index (χ2v) is 7.12. The van der Waals surface area contributed by atoms with Gasteiger partial charge in [0.25, 0.3) is 0 Å². The molecule has 28 heavy (non-hydrogen) atoms. The number of amides is 1. The monoisotopic (exact) mass is 371 g/mol. The van der Waals surface area contributed by atoms with Crippen LogP contribution in [-0.4, -0.2) is 5.91 Å². The Morgan fingerprint density at radius 2 is 1.75 bits per heavy atom. The van der Waals surface area contributed by atoms with E-state index in [-0.39, 0.29) is 17.6 Å². The van der Waals surface area contributed by atoms with Crippen LogP contribution in [0.25, 0.3) is 11.0 Å². The number of furan rings is 1. The molecule has 1 atom stereocenters. The average Bonchev–Trinajstić information content (AvgIpc) is 3.17. The summed E-state index contributed by atoms with van der Waals surface area (Å²) in [4.78, 5) is 15.1. The maximum atomic E-state index is 13.6. The zero-order valence-corrected chi connectivity index (χ0v) is 15.4. The molecular weight excluding hydrogens is 353 g/mol. The molecule has 1 amide bonds. The summed E-state index contributed by atoms with van der Waals surface area (Å²) in [5.74, 6) is 0.128. The molecular formula is C24H18FNO2. The number of carbonyl (C=O) groups is 1. The highest BCUT2D eigenvalue weighted by molar-refractivity contribution is 6.10. The molecule has 1 aliphatic rings. The Morgan fingerprint density at radius 3 is 2.57 bits per heavy atom. The average molecular weight is 371 g/mol. The molecule has 3 aromatic carbocycles. The molecule has 0 fully saturated rings. The first-order valence-corrected chi connectivity index (χ1v) is 9.29. The molecule has 0 saturated heterocycles. The van der Waals surface area contributed by atoms with E-state index in [9.17, 15) is 9.18 Å². The van der Waals surface area contributed by atoms with E-state index in [4.69, 9.17) is 4.42 Å². The zero-order valence-electron chi connectivity index (χ0n) is 15.4. The van der Waals surface area contributed by atoms with Crippen LogP contribution in [0.1, 0.15) is 22.8 Å². The van der Waals surface area contributed by atoms with Gasteiger partial charge in [-0.25, -0.2) is 4.39 Å². The molecule has 0 radical (unpaired) electrons. The van der Waals surface area contributed by atoms with Gasteiger partial charge in [0.2, 0.25) is 5.91 Å². The first kappa shape index (κ1) is 16.8. The van der Waals surface area contributed by atoms with Gasteiger partial charge in [0.15, 0.2) is 0 Å². The van der Waals surface area contributed by atoms with Crippen LogP contribution in [-0.2, 0) is 11.2 Å². The SMILES string of the molecule is Cc1c(CC2C(=O)N(c3ccccc3)c3ccccc32)oc2ccc(F)cc12. The summed E-state index contributed by atoms with van der Waals surface area (Å²) < 4.78 is 19.6. The van der Waals surface area contributed by atoms with Crippen LogP contribution in [0.3, 0.4) is 0 Å². The highest BCUT2D eigenvalue weighted by Crippen LogP contribution is 2.44. The van der Waals surface area contributed by atoms with Crippen molar-refractivity contribution in [3.05, 3.63) is 95.5 Å². The third kappa shape index (κ3) is 2.53. The molecule has 0 bridgehead atoms. The van der Waals surface area contributed by atoms with Gasteiger partial charge in [0.1, 0.15) is 17.2 Å². The van der Waals surface area contributed by atoms with Crippen LogP contribution >= 0.6 is 0 Å². The Kier molecular flexibility index (Phi) is 3.79. The lowest BCUT2D eigenvalue weighted by molar-refractivity contribution is -0.118. The molecule has 2 heterocycles. The predicted molar refractivity (Wildman–Crippen MR) is 107 cm³/mol. The summed E-state index contributed by atoms with van der Waals surface area (Å²) in [6, 6.07) is 22.0. The minimum Gasteiger partial charge on any atom is -0.461 e. The summed E-state index contributed by atoms with van der Waals surface area (Å²) in [6.07, 6.45) is 0.446. The Hall–Kier alpha value is -3.40. The fourth-order valence-electron chi connectivity index (χ4n) is 4.06. The number of aryl methyl sites for hydroxylation is 1. The lowest BCUT2D eigenvalue weighted by Gasteiger charge is -2.18. The van der Waals surface area contributed by atoms with E-state index in [1.807, 2.05) is 61.5 Å². The number of hydrogen-bond acceptors (Lipinski definition) is 2. The van der Waals surface area contributed by atoms with Crippen LogP contribution < -0.4 is 4.90 Å². The van der Waals surface area contributed by atoms with Crippen molar-refractivity contribution in [1.29, 1.82) is 0 Å². The maximum Gasteiger partial charge on any atom is 0.239 e. The van der Waals surface area contributed by atoms with Crippen LogP contribution in [0, 0.1) is 12.7 Å². The highest BCUT2D eigenvalue weighted by Gasteiger charge is 2.38. The minimum atomic E-state index is -0.333. The Labute approximate surface area is 162 Å². The van der Waals surface area contributed by atoms with Crippen molar-refractivity contribution in [3.8, 4) is 0 Å². The number of fused-ring (bicyclic) bond motifs is 2. The second kappa shape index (κ2) is 6.34. The third-order valence-corrected chi connectivity index (χ3v) is 5.47. The molecule has 5 rings (SSSR count). The van der Waals surface area contributed by atoms with E-state index >= 15 is 0 Å². The number of nitrogens with zero attached hydrogens (tertiary/aromatic N) is 1. The molecule has 1 aliphatic heterocycles. The van der Waals surface area contributed by atoms with Crippen molar-refractivity contribution < 1.29 is 13.6 Å². The molecule has 0 spiro atoms. The van der Waals surface area contributed by atoms with E-state index < -0.39 is 0 Å². The zero-order chi connectivity index (χ0) is 19.3. The second-order valence-electron chi connectivity index (χ2n) is 7.12. The molecule has 4 heteroatoms. The Morgan fingerprint density at radius 1 is 1.00 bits per heavy atom. The molecule has 1 aromatic heterocycles. The molecule has 4 aromatic rings. The third-order valence-electron chi connectivity index (χ3n) is 5.47. The van der Waals surface area contributed by atoms with E-state index in [0.29, 0.717) is 12.0 Å². The number of hydrogen-bond donors (Lipinski definition) is 0. The largest absolute Gasteiger partial charge is 0.461 e. The van der Waals surface area contributed by atoms with Gasteiger partial charge in [-0.1, -0.05) is 36.4 Å². The number of benzene rings is 3. The van der Waals surface area contributed by atoms with Crippen molar-refractivity contribution in [3.63, 3.8) is 0 Å². The fraction of sp³-hybridized carbons (Fsp3) is 0.125. The van der Waals surface area contributed by atoms with Gasteiger partial charge in [-0.15, -0.1) is 0 Å². The number of carbonyl (C=O) groups excluding carboxylic acids is 1. The molecule has 0 N–H and O–H groups in total. The van der Waals surface area contributed by atoms with Crippen LogP contribution in [0.2, 0.25) is 0 Å². The predicted octanol–water partition coefficient (Wildman–Crippen LogP) is 5.88. The highest BCUT2D eigenvalue weighted by atomic mass is 19.1. The molecule has 0 aliphatic carbocycles. The Bertz CT molecular complexity index is 1200.